The maximum absolute atomic E-state index is 12.6. The number of amides is 2. The molecule has 3 fully saturated rings. The minimum absolute atomic E-state index is 0. The highest BCUT2D eigenvalue weighted by Crippen LogP contribution is 2.25. The number of aliphatic hydroxyl groups is 1. The predicted molar refractivity (Wildman–Crippen MR) is 195 cm³/mol. The third-order valence-corrected chi connectivity index (χ3v) is 7.30. The van der Waals surface area contributed by atoms with Gasteiger partial charge in [0.1, 0.15) is 23.4 Å². The zero-order valence-corrected chi connectivity index (χ0v) is 32.8. The molecule has 3 heterocycles. The molecule has 3 saturated carbocycles. The predicted octanol–water partition coefficient (Wildman–Crippen LogP) is 5.26. The number of rotatable bonds is 6. The van der Waals surface area contributed by atoms with Crippen LogP contribution >= 0.6 is 24.0 Å². The summed E-state index contributed by atoms with van der Waals surface area (Å²) in [5.41, 5.74) is 4.61. The van der Waals surface area contributed by atoms with Gasteiger partial charge in [-0.15, -0.1) is 12.4 Å². The monoisotopic (exact) mass is 821 g/mol. The minimum atomic E-state index is -0.508. The first-order valence-corrected chi connectivity index (χ1v) is 17.4. The van der Waals surface area contributed by atoms with Gasteiger partial charge in [-0.3, -0.25) is 0 Å². The molecule has 6 rings (SSSR count). The number of nitrogens with zero attached hydrogens (tertiary/aromatic N) is 6. The van der Waals surface area contributed by atoms with Crippen LogP contribution in [0, 0.1) is 17.5 Å². The first-order valence-electron chi connectivity index (χ1n) is 17.1. The lowest BCUT2D eigenvalue weighted by molar-refractivity contribution is 0.0299. The van der Waals surface area contributed by atoms with E-state index >= 15 is 0 Å². The zero-order chi connectivity index (χ0) is 40.1. The molecule has 3 aromatic rings. The Morgan fingerprint density at radius 1 is 0.673 bits per heavy atom. The quantitative estimate of drug-likeness (QED) is 0.233. The van der Waals surface area contributed by atoms with E-state index in [0.29, 0.717) is 25.7 Å². The molecule has 3 aliphatic rings. The highest BCUT2D eigenvalue weighted by molar-refractivity contribution is 6.28. The molecule has 55 heavy (non-hydrogen) atoms. The molecule has 0 atom stereocenters. The van der Waals surface area contributed by atoms with Gasteiger partial charge in [0.25, 0.3) is 0 Å². The fourth-order valence-corrected chi connectivity index (χ4v) is 4.55. The van der Waals surface area contributed by atoms with Gasteiger partial charge < -0.3 is 40.4 Å². The van der Waals surface area contributed by atoms with Crippen molar-refractivity contribution >= 4 is 36.2 Å². The molecule has 306 valence electrons. The number of halogens is 5. The number of nitrogens with two attached hydrogens (primary N) is 1. The molecule has 3 aromatic heterocycles. The van der Waals surface area contributed by atoms with Crippen LogP contribution in [0.4, 0.5) is 22.8 Å². The number of carbonyl (C=O) groups excluding carboxylic acids is 2. The summed E-state index contributed by atoms with van der Waals surface area (Å²) in [5.74, 6) is -1.44. The van der Waals surface area contributed by atoms with Gasteiger partial charge in [-0.2, -0.15) is 0 Å². The topological polar surface area (TPSA) is 219 Å². The Kier molecular flexibility index (Phi) is 18.5. The third kappa shape index (κ3) is 19.7. The van der Waals surface area contributed by atoms with Crippen molar-refractivity contribution in [2.24, 2.45) is 5.73 Å². The normalized spacial score (nSPS) is 22.1. The summed E-state index contributed by atoms with van der Waals surface area (Å²) in [7, 11) is 0. The van der Waals surface area contributed by atoms with Gasteiger partial charge in [-0.25, -0.2) is 52.7 Å². The average Bonchev–Trinajstić information content (AvgIpc) is 3.01. The van der Waals surface area contributed by atoms with Crippen LogP contribution < -0.4 is 25.8 Å². The smallest absolute Gasteiger partial charge is 0.407 e. The lowest BCUT2D eigenvalue weighted by atomic mass is 9.89. The SMILES string of the molecule is CC(C)(C)OC(=O)NC1CC(O)C1.CC(C)(C)OC(=O)NC1CC(Oc2ncc(F)cn2)C1.Cl.Fc1cnc(Cl)nc1.NC1CC(Oc2ncc(F)cn2)C1. The molecule has 0 aliphatic heterocycles. The number of aromatic nitrogens is 6. The maximum atomic E-state index is 12.6. The fraction of sp³-hybridized carbons (Fsp3) is 0.588. The molecule has 16 nitrogen and oxygen atoms in total. The molecule has 21 heteroatoms. The van der Waals surface area contributed by atoms with Crippen molar-refractivity contribution in [1.29, 1.82) is 0 Å². The van der Waals surface area contributed by atoms with E-state index in [0.717, 1.165) is 50.0 Å². The maximum Gasteiger partial charge on any atom is 0.407 e. The van der Waals surface area contributed by atoms with E-state index in [-0.39, 0.29) is 66.1 Å². The number of hydrogen-bond acceptors (Lipinski definition) is 14. The number of hydrogen-bond donors (Lipinski definition) is 4. The van der Waals surface area contributed by atoms with E-state index in [1.165, 1.54) is 0 Å². The summed E-state index contributed by atoms with van der Waals surface area (Å²) in [6.45, 7) is 10.9. The lowest BCUT2D eigenvalue weighted by Gasteiger charge is -2.35. The molecule has 0 spiro atoms. The summed E-state index contributed by atoms with van der Waals surface area (Å²) in [6.07, 6.45) is 9.46. The van der Waals surface area contributed by atoms with E-state index in [9.17, 15) is 22.8 Å². The molecule has 2 amide bonds. The highest BCUT2D eigenvalue weighted by atomic mass is 35.5. The van der Waals surface area contributed by atoms with E-state index in [1.807, 2.05) is 41.5 Å². The largest absolute Gasteiger partial charge is 0.460 e. The van der Waals surface area contributed by atoms with E-state index in [4.69, 9.17) is 41.4 Å². The van der Waals surface area contributed by atoms with Gasteiger partial charge in [0.05, 0.1) is 43.3 Å². The molecular weight excluding hydrogens is 774 g/mol. The fourth-order valence-electron chi connectivity index (χ4n) is 4.45. The van der Waals surface area contributed by atoms with Crippen LogP contribution in [0.5, 0.6) is 12.0 Å². The minimum Gasteiger partial charge on any atom is -0.460 e. The summed E-state index contributed by atoms with van der Waals surface area (Å²) >= 11 is 5.22. The Labute approximate surface area is 328 Å². The van der Waals surface area contributed by atoms with Crippen LogP contribution in [0.15, 0.2) is 37.2 Å². The van der Waals surface area contributed by atoms with Crippen LogP contribution in [0.25, 0.3) is 0 Å². The second-order valence-corrected chi connectivity index (χ2v) is 14.9. The first-order chi connectivity index (χ1) is 25.2. The average molecular weight is 823 g/mol. The Morgan fingerprint density at radius 3 is 1.31 bits per heavy atom. The number of alkyl carbamates (subject to hydrolysis) is 2. The van der Waals surface area contributed by atoms with Gasteiger partial charge in [0.2, 0.25) is 5.28 Å². The van der Waals surface area contributed by atoms with Crippen molar-refractivity contribution in [3.05, 3.63) is 59.9 Å². The van der Waals surface area contributed by atoms with Crippen molar-refractivity contribution in [2.45, 2.75) is 128 Å². The molecule has 3 aliphatic carbocycles. The van der Waals surface area contributed by atoms with Crippen molar-refractivity contribution in [1.82, 2.24) is 40.5 Å². The summed E-state index contributed by atoms with van der Waals surface area (Å²) in [5, 5.41) is 14.5. The van der Waals surface area contributed by atoms with Crippen LogP contribution in [-0.2, 0) is 9.47 Å². The molecule has 5 N–H and O–H groups in total. The molecule has 0 radical (unpaired) electrons. The molecular formula is C34H48Cl2F3N9O7. The molecule has 0 aromatic carbocycles. The molecule has 0 saturated heterocycles. The van der Waals surface area contributed by atoms with Gasteiger partial charge in [-0.1, -0.05) is 0 Å². The van der Waals surface area contributed by atoms with Gasteiger partial charge in [0, 0.05) is 31.0 Å². The van der Waals surface area contributed by atoms with E-state index < -0.39 is 40.8 Å². The van der Waals surface area contributed by atoms with E-state index in [2.05, 4.69) is 40.5 Å². The molecule has 0 bridgehead atoms. The number of ether oxygens (including phenoxy) is 4. The summed E-state index contributed by atoms with van der Waals surface area (Å²) < 4.78 is 57.8. The molecule has 0 unspecified atom stereocenters. The lowest BCUT2D eigenvalue weighted by Crippen LogP contribution is -2.50. The van der Waals surface area contributed by atoms with Crippen LogP contribution in [-0.4, -0.2) is 94.8 Å². The van der Waals surface area contributed by atoms with Gasteiger partial charge in [-0.05, 0) is 78.8 Å². The number of carbonyl (C=O) groups is 2. The van der Waals surface area contributed by atoms with Crippen molar-refractivity contribution in [3.8, 4) is 12.0 Å². The second-order valence-electron chi connectivity index (χ2n) is 14.5. The van der Waals surface area contributed by atoms with Gasteiger partial charge in [0.15, 0.2) is 17.5 Å². The van der Waals surface area contributed by atoms with Crippen LogP contribution in [0.3, 0.4) is 0 Å². The summed E-state index contributed by atoms with van der Waals surface area (Å²) in [4.78, 5) is 44.2. The van der Waals surface area contributed by atoms with Crippen LogP contribution in [0.2, 0.25) is 5.28 Å². The Morgan fingerprint density at radius 2 is 1.00 bits per heavy atom. The Bertz CT molecular complexity index is 1570. The van der Waals surface area contributed by atoms with Gasteiger partial charge >= 0.3 is 24.2 Å². The number of nitrogens with one attached hydrogen (secondary N) is 2. The summed E-state index contributed by atoms with van der Waals surface area (Å²) in [6, 6.07) is 0.705. The van der Waals surface area contributed by atoms with Crippen molar-refractivity contribution in [2.75, 3.05) is 0 Å². The Balaban J connectivity index is 0.000000264. The third-order valence-electron chi connectivity index (χ3n) is 7.11. The van der Waals surface area contributed by atoms with E-state index in [1.54, 1.807) is 0 Å². The van der Waals surface area contributed by atoms with Crippen molar-refractivity contribution in [3.63, 3.8) is 0 Å². The Hall–Kier alpha value is -4.33. The van der Waals surface area contributed by atoms with Crippen molar-refractivity contribution < 1.29 is 46.8 Å². The second kappa shape index (κ2) is 21.7. The first kappa shape index (κ1) is 46.8. The standard InChI is InChI=1S/C13H18FN3O3.C9H17NO3.C8H10FN3O.C4H2ClFN2.ClH/c1-13(2,3)20-12(18)17-9-4-10(5-9)19-11-15-6-8(14)7-16-11;1-9(2,3)13-8(12)10-6-4-7(11)5-6;9-5-3-11-8(12-4-5)13-7-1-6(10)2-7;5-4-7-1-3(6)2-8-4;/h6-7,9-10H,4-5H2,1-3H3,(H,17,18);6-7,11H,4-5H2,1-3H3,(H,10,12);3-4,6-7H,1-2,10H2;1-2H;1H. The van der Waals surface area contributed by atoms with Crippen LogP contribution in [0.1, 0.15) is 80.1 Å². The zero-order valence-electron chi connectivity index (χ0n) is 31.2. The number of aliphatic hydroxyl groups excluding tert-OH is 1. The highest BCUT2D eigenvalue weighted by Gasteiger charge is 2.34.